The van der Waals surface area contributed by atoms with Crippen LogP contribution < -0.4 is 0 Å². The Labute approximate surface area is 97.6 Å². The molecular formula is C13H11FOS. The molecule has 0 aliphatic heterocycles. The summed E-state index contributed by atoms with van der Waals surface area (Å²) in [5.41, 5.74) is 1.02. The number of aldehydes is 1. The first-order valence-corrected chi connectivity index (χ1v) is 5.89. The highest BCUT2D eigenvalue weighted by Gasteiger charge is 2.02. The van der Waals surface area contributed by atoms with Crippen LogP contribution in [0.1, 0.15) is 11.3 Å². The maximum absolute atomic E-state index is 12.7. The van der Waals surface area contributed by atoms with E-state index in [2.05, 4.69) is 0 Å². The molecule has 16 heavy (non-hydrogen) atoms. The molecule has 0 saturated heterocycles. The zero-order valence-electron chi connectivity index (χ0n) is 8.65. The summed E-state index contributed by atoms with van der Waals surface area (Å²) in [4.78, 5) is 12.6. The minimum absolute atomic E-state index is 0.221. The second-order valence-corrected chi connectivity index (χ2v) is 4.65. The Morgan fingerprint density at radius 3 is 2.56 bits per heavy atom. The summed E-state index contributed by atoms with van der Waals surface area (Å²) in [6.45, 7) is 0. The molecule has 2 aromatic rings. The second-order valence-electron chi connectivity index (χ2n) is 3.48. The molecule has 0 atom stereocenters. The number of carbonyl (C=O) groups is 1. The molecule has 1 aromatic carbocycles. The summed E-state index contributed by atoms with van der Waals surface area (Å²) in [7, 11) is 0. The number of benzene rings is 1. The maximum Gasteiger partial charge on any atom is 0.123 e. The van der Waals surface area contributed by atoms with Crippen LogP contribution in [-0.4, -0.2) is 6.29 Å². The Hall–Kier alpha value is -1.48. The Morgan fingerprint density at radius 1 is 1.12 bits per heavy atom. The van der Waals surface area contributed by atoms with Gasteiger partial charge in [-0.1, -0.05) is 12.1 Å². The topological polar surface area (TPSA) is 17.1 Å². The minimum Gasteiger partial charge on any atom is -0.303 e. The second kappa shape index (κ2) is 5.03. The lowest BCUT2D eigenvalue weighted by atomic mass is 10.2. The van der Waals surface area contributed by atoms with E-state index in [1.165, 1.54) is 17.0 Å². The van der Waals surface area contributed by atoms with Crippen molar-refractivity contribution in [1.29, 1.82) is 0 Å². The summed E-state index contributed by atoms with van der Waals surface area (Å²) in [6.07, 6.45) is 2.27. The molecule has 0 amide bonds. The first-order valence-electron chi connectivity index (χ1n) is 5.08. The molecule has 1 heterocycles. The number of carbonyl (C=O) groups excluding carboxylic acids is 1. The highest BCUT2D eigenvalue weighted by molar-refractivity contribution is 7.15. The summed E-state index contributed by atoms with van der Waals surface area (Å²) in [5, 5.41) is 0. The minimum atomic E-state index is -0.221. The van der Waals surface area contributed by atoms with Gasteiger partial charge in [-0.3, -0.25) is 0 Å². The van der Waals surface area contributed by atoms with Gasteiger partial charge in [0.15, 0.2) is 0 Å². The molecule has 82 valence electrons. The van der Waals surface area contributed by atoms with Crippen molar-refractivity contribution in [3.8, 4) is 10.4 Å². The van der Waals surface area contributed by atoms with E-state index in [1.807, 2.05) is 12.1 Å². The van der Waals surface area contributed by atoms with Crippen LogP contribution in [0.25, 0.3) is 10.4 Å². The maximum atomic E-state index is 12.7. The average molecular weight is 234 g/mol. The summed E-state index contributed by atoms with van der Waals surface area (Å²) >= 11 is 1.65. The fourth-order valence-corrected chi connectivity index (χ4v) is 2.51. The van der Waals surface area contributed by atoms with E-state index in [1.54, 1.807) is 23.5 Å². The molecule has 1 aromatic heterocycles. The first-order chi connectivity index (χ1) is 7.79. The van der Waals surface area contributed by atoms with E-state index in [-0.39, 0.29) is 5.82 Å². The molecule has 2 rings (SSSR count). The highest BCUT2D eigenvalue weighted by Crippen LogP contribution is 2.28. The highest BCUT2D eigenvalue weighted by atomic mass is 32.1. The van der Waals surface area contributed by atoms with Crippen molar-refractivity contribution < 1.29 is 9.18 Å². The van der Waals surface area contributed by atoms with E-state index in [0.717, 1.165) is 23.1 Å². The Kier molecular flexibility index (Phi) is 3.47. The molecule has 3 heteroatoms. The van der Waals surface area contributed by atoms with E-state index in [4.69, 9.17) is 0 Å². The van der Waals surface area contributed by atoms with Gasteiger partial charge in [-0.2, -0.15) is 0 Å². The fraction of sp³-hybridized carbons (Fsp3) is 0.154. The van der Waals surface area contributed by atoms with E-state index in [9.17, 15) is 9.18 Å². The quantitative estimate of drug-likeness (QED) is 0.737. The number of hydrogen-bond acceptors (Lipinski definition) is 2. The van der Waals surface area contributed by atoms with Gasteiger partial charge in [-0.25, -0.2) is 4.39 Å². The van der Waals surface area contributed by atoms with Crippen LogP contribution in [0.5, 0.6) is 0 Å². The Bertz CT molecular complexity index is 473. The van der Waals surface area contributed by atoms with Crippen molar-refractivity contribution in [3.63, 3.8) is 0 Å². The van der Waals surface area contributed by atoms with Gasteiger partial charge in [-0.05, 0) is 36.2 Å². The van der Waals surface area contributed by atoms with Crippen LogP contribution in [-0.2, 0) is 11.2 Å². The summed E-state index contributed by atoms with van der Waals surface area (Å²) in [5.74, 6) is -0.221. The van der Waals surface area contributed by atoms with E-state index in [0.29, 0.717) is 6.42 Å². The zero-order chi connectivity index (χ0) is 11.4. The third kappa shape index (κ3) is 2.55. The van der Waals surface area contributed by atoms with Crippen LogP contribution in [0.3, 0.4) is 0 Å². The van der Waals surface area contributed by atoms with E-state index >= 15 is 0 Å². The lowest BCUT2D eigenvalue weighted by Crippen LogP contribution is -1.79. The van der Waals surface area contributed by atoms with Gasteiger partial charge < -0.3 is 4.79 Å². The molecule has 0 saturated carbocycles. The van der Waals surface area contributed by atoms with Crippen LogP contribution >= 0.6 is 11.3 Å². The third-order valence-electron chi connectivity index (χ3n) is 2.30. The lowest BCUT2D eigenvalue weighted by Gasteiger charge is -1.96. The fourth-order valence-electron chi connectivity index (χ4n) is 1.48. The van der Waals surface area contributed by atoms with Crippen molar-refractivity contribution in [3.05, 3.63) is 47.1 Å². The standard InChI is InChI=1S/C13H11FOS/c14-11-5-3-10(4-6-11)13-8-7-12(16-13)2-1-9-15/h3-9H,1-2H2. The molecule has 0 aliphatic rings. The lowest BCUT2D eigenvalue weighted by molar-refractivity contribution is -0.107. The molecule has 0 unspecified atom stereocenters. The van der Waals surface area contributed by atoms with Crippen LogP contribution in [0.4, 0.5) is 4.39 Å². The SMILES string of the molecule is O=CCCc1ccc(-c2ccc(F)cc2)s1. The average Bonchev–Trinajstić information content (AvgIpc) is 2.76. The predicted molar refractivity (Wildman–Crippen MR) is 64.1 cm³/mol. The molecule has 0 spiro atoms. The number of hydrogen-bond donors (Lipinski definition) is 0. The van der Waals surface area contributed by atoms with Crippen molar-refractivity contribution >= 4 is 17.6 Å². The van der Waals surface area contributed by atoms with Gasteiger partial charge in [0, 0.05) is 16.2 Å². The van der Waals surface area contributed by atoms with Crippen LogP contribution in [0.2, 0.25) is 0 Å². The number of rotatable bonds is 4. The largest absolute Gasteiger partial charge is 0.303 e. The monoisotopic (exact) mass is 234 g/mol. The predicted octanol–water partition coefficient (Wildman–Crippen LogP) is 3.69. The normalized spacial score (nSPS) is 10.3. The molecule has 0 aliphatic carbocycles. The van der Waals surface area contributed by atoms with E-state index < -0.39 is 0 Å². The van der Waals surface area contributed by atoms with Crippen molar-refractivity contribution in [2.24, 2.45) is 0 Å². The Morgan fingerprint density at radius 2 is 1.88 bits per heavy atom. The molecule has 1 nitrogen and oxygen atoms in total. The molecule has 0 bridgehead atoms. The third-order valence-corrected chi connectivity index (χ3v) is 3.49. The Balaban J connectivity index is 2.17. The first kappa shape index (κ1) is 11.0. The number of halogens is 1. The van der Waals surface area contributed by atoms with Gasteiger partial charge >= 0.3 is 0 Å². The molecule has 0 fully saturated rings. The van der Waals surface area contributed by atoms with Gasteiger partial charge in [0.05, 0.1) is 0 Å². The van der Waals surface area contributed by atoms with Crippen LogP contribution in [0.15, 0.2) is 36.4 Å². The smallest absolute Gasteiger partial charge is 0.123 e. The zero-order valence-corrected chi connectivity index (χ0v) is 9.47. The van der Waals surface area contributed by atoms with Gasteiger partial charge in [-0.15, -0.1) is 11.3 Å². The van der Waals surface area contributed by atoms with Gasteiger partial charge in [0.25, 0.3) is 0 Å². The number of thiophene rings is 1. The van der Waals surface area contributed by atoms with Gasteiger partial charge in [0.2, 0.25) is 0 Å². The van der Waals surface area contributed by atoms with Crippen LogP contribution in [0, 0.1) is 5.82 Å². The molecule has 0 N–H and O–H groups in total. The molecular weight excluding hydrogens is 223 g/mol. The summed E-state index contributed by atoms with van der Waals surface area (Å²) in [6, 6.07) is 10.5. The van der Waals surface area contributed by atoms with Gasteiger partial charge in [0.1, 0.15) is 12.1 Å². The van der Waals surface area contributed by atoms with Crippen molar-refractivity contribution in [1.82, 2.24) is 0 Å². The summed E-state index contributed by atoms with van der Waals surface area (Å²) < 4.78 is 12.7. The molecule has 0 radical (unpaired) electrons. The number of aryl methyl sites for hydroxylation is 1. The van der Waals surface area contributed by atoms with Crippen molar-refractivity contribution in [2.75, 3.05) is 0 Å². The van der Waals surface area contributed by atoms with Crippen molar-refractivity contribution in [2.45, 2.75) is 12.8 Å².